The van der Waals surface area contributed by atoms with Crippen LogP contribution in [0.2, 0.25) is 0 Å². The third-order valence-electron chi connectivity index (χ3n) is 2.58. The average molecular weight is 384 g/mol. The SMILES string of the molecule is CC(CCl)C(C)NC(=O)c1cc(Br)cc(Br)c1. The molecule has 1 N–H and O–H groups in total. The quantitative estimate of drug-likeness (QED) is 0.776. The Morgan fingerprint density at radius 2 is 1.82 bits per heavy atom. The van der Waals surface area contributed by atoms with Crippen molar-refractivity contribution in [2.45, 2.75) is 19.9 Å². The number of nitrogens with one attached hydrogen (secondary N) is 1. The normalized spacial score (nSPS) is 14.2. The first-order valence-corrected chi connectivity index (χ1v) is 7.39. The zero-order valence-electron chi connectivity index (χ0n) is 9.64. The number of rotatable bonds is 4. The van der Waals surface area contributed by atoms with Gasteiger partial charge in [0.05, 0.1) is 0 Å². The molecule has 0 aliphatic rings. The van der Waals surface area contributed by atoms with E-state index in [-0.39, 0.29) is 17.9 Å². The molecule has 0 saturated heterocycles. The standard InChI is InChI=1S/C12H14Br2ClNO/c1-7(6-15)8(2)16-12(17)9-3-10(13)5-11(14)4-9/h3-5,7-8H,6H2,1-2H3,(H,16,17). The predicted octanol–water partition coefficient (Wildman–Crippen LogP) is 4.20. The molecule has 2 unspecified atom stereocenters. The Labute approximate surface area is 123 Å². The molecular weight excluding hydrogens is 369 g/mol. The van der Waals surface area contributed by atoms with E-state index in [2.05, 4.69) is 37.2 Å². The summed E-state index contributed by atoms with van der Waals surface area (Å²) in [5.74, 6) is 0.691. The summed E-state index contributed by atoms with van der Waals surface area (Å²) in [4.78, 5) is 12.0. The number of carbonyl (C=O) groups is 1. The molecule has 5 heteroatoms. The summed E-state index contributed by atoms with van der Waals surface area (Å²) < 4.78 is 1.74. The Hall–Kier alpha value is -0.0600. The van der Waals surface area contributed by atoms with Crippen molar-refractivity contribution >= 4 is 49.4 Å². The largest absolute Gasteiger partial charge is 0.349 e. The predicted molar refractivity (Wildman–Crippen MR) is 78.7 cm³/mol. The smallest absolute Gasteiger partial charge is 0.251 e. The first kappa shape index (κ1) is 15.0. The summed E-state index contributed by atoms with van der Waals surface area (Å²) in [6.07, 6.45) is 0. The van der Waals surface area contributed by atoms with E-state index in [0.717, 1.165) is 8.95 Å². The van der Waals surface area contributed by atoms with Crippen LogP contribution >= 0.6 is 43.5 Å². The Morgan fingerprint density at radius 3 is 2.29 bits per heavy atom. The minimum absolute atomic E-state index is 0.0535. The molecule has 17 heavy (non-hydrogen) atoms. The van der Waals surface area contributed by atoms with Crippen LogP contribution in [0.3, 0.4) is 0 Å². The van der Waals surface area contributed by atoms with Crippen molar-refractivity contribution in [1.82, 2.24) is 5.32 Å². The molecule has 0 aliphatic carbocycles. The highest BCUT2D eigenvalue weighted by Crippen LogP contribution is 2.20. The van der Waals surface area contributed by atoms with Crippen molar-refractivity contribution in [3.63, 3.8) is 0 Å². The zero-order valence-corrected chi connectivity index (χ0v) is 13.6. The van der Waals surface area contributed by atoms with Crippen molar-refractivity contribution in [3.8, 4) is 0 Å². The fraction of sp³-hybridized carbons (Fsp3) is 0.417. The van der Waals surface area contributed by atoms with Crippen LogP contribution in [0.1, 0.15) is 24.2 Å². The van der Waals surface area contributed by atoms with Crippen molar-refractivity contribution in [2.24, 2.45) is 5.92 Å². The van der Waals surface area contributed by atoms with Crippen LogP contribution in [0.25, 0.3) is 0 Å². The van der Waals surface area contributed by atoms with E-state index < -0.39 is 0 Å². The number of alkyl halides is 1. The topological polar surface area (TPSA) is 29.1 Å². The van der Waals surface area contributed by atoms with Crippen LogP contribution in [0.15, 0.2) is 27.1 Å². The van der Waals surface area contributed by atoms with Gasteiger partial charge in [0, 0.05) is 26.4 Å². The lowest BCUT2D eigenvalue weighted by Gasteiger charge is -2.19. The minimum atomic E-state index is -0.0866. The van der Waals surface area contributed by atoms with E-state index >= 15 is 0 Å². The molecule has 1 rings (SSSR count). The number of halogens is 3. The average Bonchev–Trinajstić information content (AvgIpc) is 2.26. The van der Waals surface area contributed by atoms with Crippen molar-refractivity contribution in [1.29, 1.82) is 0 Å². The summed E-state index contributed by atoms with van der Waals surface area (Å²) in [6, 6.07) is 5.52. The first-order chi connectivity index (χ1) is 7.93. The van der Waals surface area contributed by atoms with E-state index in [0.29, 0.717) is 11.4 Å². The zero-order chi connectivity index (χ0) is 13.0. The molecule has 0 spiro atoms. The summed E-state index contributed by atoms with van der Waals surface area (Å²) >= 11 is 12.5. The Bertz CT molecular complexity index is 391. The van der Waals surface area contributed by atoms with Crippen molar-refractivity contribution in [3.05, 3.63) is 32.7 Å². The summed E-state index contributed by atoms with van der Waals surface area (Å²) in [6.45, 7) is 3.97. The molecule has 2 atom stereocenters. The summed E-state index contributed by atoms with van der Waals surface area (Å²) in [5.41, 5.74) is 0.625. The van der Waals surface area contributed by atoms with E-state index in [1.165, 1.54) is 0 Å². The van der Waals surface area contributed by atoms with Crippen molar-refractivity contribution < 1.29 is 4.79 Å². The fourth-order valence-electron chi connectivity index (χ4n) is 1.25. The Kier molecular flexibility index (Phi) is 5.97. The second-order valence-corrected chi connectivity index (χ2v) is 6.19. The number of amides is 1. The molecule has 0 saturated carbocycles. The summed E-state index contributed by atoms with van der Waals surface area (Å²) in [5, 5.41) is 2.94. The second-order valence-electron chi connectivity index (χ2n) is 4.05. The molecule has 0 aromatic heterocycles. The molecule has 0 radical (unpaired) electrons. The third-order valence-corrected chi connectivity index (χ3v) is 3.98. The minimum Gasteiger partial charge on any atom is -0.349 e. The molecule has 0 aliphatic heterocycles. The molecular formula is C12H14Br2ClNO. The monoisotopic (exact) mass is 381 g/mol. The van der Waals surface area contributed by atoms with Crippen molar-refractivity contribution in [2.75, 3.05) is 5.88 Å². The number of hydrogen-bond donors (Lipinski definition) is 1. The molecule has 0 bridgehead atoms. The maximum absolute atomic E-state index is 12.0. The third kappa shape index (κ3) is 4.60. The molecule has 0 fully saturated rings. The Balaban J connectivity index is 2.76. The highest BCUT2D eigenvalue weighted by atomic mass is 79.9. The van der Waals surface area contributed by atoms with Crippen LogP contribution in [0.4, 0.5) is 0 Å². The van der Waals surface area contributed by atoms with Crippen LogP contribution in [-0.4, -0.2) is 17.8 Å². The number of hydrogen-bond acceptors (Lipinski definition) is 1. The van der Waals surface area contributed by atoms with Gasteiger partial charge in [-0.15, -0.1) is 11.6 Å². The second kappa shape index (κ2) is 6.76. The maximum Gasteiger partial charge on any atom is 0.251 e. The fourth-order valence-corrected chi connectivity index (χ4v) is 2.81. The lowest BCUT2D eigenvalue weighted by atomic mass is 10.1. The van der Waals surface area contributed by atoms with Gasteiger partial charge < -0.3 is 5.32 Å². The maximum atomic E-state index is 12.0. The van der Waals surface area contributed by atoms with Gasteiger partial charge in [0.25, 0.3) is 5.91 Å². The van der Waals surface area contributed by atoms with E-state index in [1.807, 2.05) is 19.9 Å². The molecule has 94 valence electrons. The molecule has 1 amide bonds. The first-order valence-electron chi connectivity index (χ1n) is 5.27. The van der Waals surface area contributed by atoms with Gasteiger partial charge in [-0.2, -0.15) is 0 Å². The summed E-state index contributed by atoms with van der Waals surface area (Å²) in [7, 11) is 0. The van der Waals surface area contributed by atoms with Crippen LogP contribution in [0, 0.1) is 5.92 Å². The highest BCUT2D eigenvalue weighted by Gasteiger charge is 2.15. The van der Waals surface area contributed by atoms with Crippen LogP contribution in [-0.2, 0) is 0 Å². The number of carbonyl (C=O) groups excluding carboxylic acids is 1. The van der Waals surface area contributed by atoms with Gasteiger partial charge >= 0.3 is 0 Å². The lowest BCUT2D eigenvalue weighted by molar-refractivity contribution is 0.0931. The van der Waals surface area contributed by atoms with E-state index in [1.54, 1.807) is 12.1 Å². The van der Waals surface area contributed by atoms with Gasteiger partial charge in [-0.1, -0.05) is 38.8 Å². The molecule has 0 heterocycles. The highest BCUT2D eigenvalue weighted by molar-refractivity contribution is 9.11. The van der Waals surface area contributed by atoms with Gasteiger partial charge in [0.15, 0.2) is 0 Å². The number of benzene rings is 1. The van der Waals surface area contributed by atoms with Gasteiger partial charge in [0.2, 0.25) is 0 Å². The van der Waals surface area contributed by atoms with Gasteiger partial charge in [0.1, 0.15) is 0 Å². The van der Waals surface area contributed by atoms with Crippen LogP contribution < -0.4 is 5.32 Å². The van der Waals surface area contributed by atoms with E-state index in [4.69, 9.17) is 11.6 Å². The van der Waals surface area contributed by atoms with Gasteiger partial charge in [-0.05, 0) is 31.0 Å². The van der Waals surface area contributed by atoms with E-state index in [9.17, 15) is 4.79 Å². The van der Waals surface area contributed by atoms with Gasteiger partial charge in [-0.25, -0.2) is 0 Å². The van der Waals surface area contributed by atoms with Crippen LogP contribution in [0.5, 0.6) is 0 Å². The Morgan fingerprint density at radius 1 is 1.29 bits per heavy atom. The molecule has 2 nitrogen and oxygen atoms in total. The molecule has 1 aromatic carbocycles. The molecule has 1 aromatic rings. The lowest BCUT2D eigenvalue weighted by Crippen LogP contribution is -2.37. The van der Waals surface area contributed by atoms with Gasteiger partial charge in [-0.3, -0.25) is 4.79 Å².